The minimum absolute atomic E-state index is 0.0266. The van der Waals surface area contributed by atoms with Gasteiger partial charge in [-0.3, -0.25) is 14.3 Å². The van der Waals surface area contributed by atoms with Crippen molar-refractivity contribution in [2.75, 3.05) is 5.32 Å². The van der Waals surface area contributed by atoms with Gasteiger partial charge in [0, 0.05) is 7.05 Å². The molecule has 0 fully saturated rings. The molecule has 1 heterocycles. The quantitative estimate of drug-likeness (QED) is 0.629. The molecule has 0 bridgehead atoms. The molecule has 0 aliphatic heterocycles. The maximum atomic E-state index is 11.2. The molecule has 1 amide bonds. The van der Waals surface area contributed by atoms with E-state index in [1.807, 2.05) is 0 Å². The van der Waals surface area contributed by atoms with Crippen molar-refractivity contribution in [3.8, 4) is 0 Å². The summed E-state index contributed by atoms with van der Waals surface area (Å²) in [5.74, 6) is -3.36. The van der Waals surface area contributed by atoms with E-state index in [1.165, 1.54) is 18.7 Å². The zero-order valence-corrected chi connectivity index (χ0v) is 9.22. The fourth-order valence-electron chi connectivity index (χ4n) is 1.37. The third-order valence-corrected chi connectivity index (χ3v) is 2.01. The van der Waals surface area contributed by atoms with Gasteiger partial charge in [-0.05, 0) is 6.92 Å². The van der Waals surface area contributed by atoms with Gasteiger partial charge in [-0.1, -0.05) is 0 Å². The van der Waals surface area contributed by atoms with Gasteiger partial charge in [0.05, 0.1) is 5.69 Å². The molecular weight excluding hydrogens is 230 g/mol. The van der Waals surface area contributed by atoms with Crippen LogP contribution in [-0.2, 0) is 16.6 Å². The van der Waals surface area contributed by atoms with Crippen LogP contribution in [0, 0.1) is 6.92 Å². The Kier molecular flexibility index (Phi) is 3.46. The van der Waals surface area contributed by atoms with E-state index in [9.17, 15) is 14.4 Å². The molecule has 0 spiro atoms. The maximum absolute atomic E-state index is 11.2. The Morgan fingerprint density at radius 3 is 2.41 bits per heavy atom. The molecule has 0 unspecified atom stereocenters. The minimum atomic E-state index is -1.29. The molecular formula is C9H11N3O5. The van der Waals surface area contributed by atoms with Crippen LogP contribution in [0.2, 0.25) is 0 Å². The highest BCUT2D eigenvalue weighted by Gasteiger charge is 2.21. The Labute approximate surface area is 95.9 Å². The zero-order valence-electron chi connectivity index (χ0n) is 9.22. The lowest BCUT2D eigenvalue weighted by molar-refractivity contribution is -0.139. The second-order valence-electron chi connectivity index (χ2n) is 3.36. The standard InChI is InChI=1S/C9H11N3O5/c1-4-7(9(16)17)8(12(2)11-4)10-5(13)3-6(14)15/h3H2,1-2H3,(H,10,13)(H,14,15)(H,16,17). The second-order valence-corrected chi connectivity index (χ2v) is 3.36. The summed E-state index contributed by atoms with van der Waals surface area (Å²) < 4.78 is 1.18. The SMILES string of the molecule is Cc1nn(C)c(NC(=O)CC(=O)O)c1C(=O)O. The summed E-state index contributed by atoms with van der Waals surface area (Å²) in [5, 5.41) is 23.4. The lowest BCUT2D eigenvalue weighted by Gasteiger charge is -2.05. The van der Waals surface area contributed by atoms with E-state index in [0.717, 1.165) is 0 Å². The van der Waals surface area contributed by atoms with Gasteiger partial charge in [0.25, 0.3) is 0 Å². The van der Waals surface area contributed by atoms with E-state index >= 15 is 0 Å². The summed E-state index contributed by atoms with van der Waals surface area (Å²) >= 11 is 0. The van der Waals surface area contributed by atoms with E-state index < -0.39 is 24.3 Å². The first kappa shape index (κ1) is 12.7. The van der Waals surface area contributed by atoms with Crippen LogP contribution >= 0.6 is 0 Å². The number of carboxylic acid groups (broad SMARTS) is 2. The highest BCUT2D eigenvalue weighted by atomic mass is 16.4. The number of hydrogen-bond acceptors (Lipinski definition) is 4. The van der Waals surface area contributed by atoms with Crippen LogP contribution in [0.3, 0.4) is 0 Å². The largest absolute Gasteiger partial charge is 0.481 e. The van der Waals surface area contributed by atoms with Gasteiger partial charge < -0.3 is 15.5 Å². The number of aliphatic carboxylic acids is 1. The van der Waals surface area contributed by atoms with Gasteiger partial charge in [-0.15, -0.1) is 0 Å². The van der Waals surface area contributed by atoms with E-state index in [4.69, 9.17) is 10.2 Å². The lowest BCUT2D eigenvalue weighted by Crippen LogP contribution is -2.19. The summed E-state index contributed by atoms with van der Waals surface area (Å²) in [6, 6.07) is 0. The smallest absolute Gasteiger partial charge is 0.341 e. The molecule has 0 aliphatic rings. The molecule has 0 aliphatic carbocycles. The van der Waals surface area contributed by atoms with Crippen LogP contribution < -0.4 is 5.32 Å². The van der Waals surface area contributed by atoms with Crippen molar-refractivity contribution in [1.29, 1.82) is 0 Å². The third-order valence-electron chi connectivity index (χ3n) is 2.01. The van der Waals surface area contributed by atoms with Crippen molar-refractivity contribution in [2.45, 2.75) is 13.3 Å². The first-order valence-corrected chi connectivity index (χ1v) is 4.61. The van der Waals surface area contributed by atoms with Crippen molar-refractivity contribution >= 4 is 23.7 Å². The topological polar surface area (TPSA) is 122 Å². The predicted molar refractivity (Wildman–Crippen MR) is 55.8 cm³/mol. The fourth-order valence-corrected chi connectivity index (χ4v) is 1.37. The molecule has 0 saturated heterocycles. The average Bonchev–Trinajstić information content (AvgIpc) is 2.39. The Bertz CT molecular complexity index is 491. The highest BCUT2D eigenvalue weighted by molar-refractivity contribution is 6.04. The van der Waals surface area contributed by atoms with E-state index in [0.29, 0.717) is 0 Å². The zero-order chi connectivity index (χ0) is 13.2. The summed E-state index contributed by atoms with van der Waals surface area (Å²) in [7, 11) is 1.45. The summed E-state index contributed by atoms with van der Waals surface area (Å²) in [6.07, 6.45) is -0.733. The number of amides is 1. The number of nitrogens with zero attached hydrogens (tertiary/aromatic N) is 2. The third kappa shape index (κ3) is 2.80. The number of carboxylic acids is 2. The molecule has 92 valence electrons. The van der Waals surface area contributed by atoms with Gasteiger partial charge in [0.1, 0.15) is 17.8 Å². The van der Waals surface area contributed by atoms with Gasteiger partial charge in [0.15, 0.2) is 0 Å². The Balaban J connectivity index is 3.02. The van der Waals surface area contributed by atoms with Crippen molar-refractivity contribution in [3.63, 3.8) is 0 Å². The number of anilines is 1. The summed E-state index contributed by atoms with van der Waals surface area (Å²) in [5.41, 5.74) is 0.0943. The highest BCUT2D eigenvalue weighted by Crippen LogP contribution is 2.18. The Morgan fingerprint density at radius 2 is 1.94 bits per heavy atom. The Morgan fingerprint density at radius 1 is 1.35 bits per heavy atom. The van der Waals surface area contributed by atoms with Crippen molar-refractivity contribution in [1.82, 2.24) is 9.78 Å². The number of hydrogen-bond donors (Lipinski definition) is 3. The lowest BCUT2D eigenvalue weighted by atomic mass is 10.2. The molecule has 1 aromatic rings. The first-order chi connectivity index (χ1) is 7.82. The van der Waals surface area contributed by atoms with Crippen LogP contribution in [0.4, 0.5) is 5.82 Å². The molecule has 8 nitrogen and oxygen atoms in total. The molecule has 0 aromatic carbocycles. The predicted octanol–water partition coefficient (Wildman–Crippen LogP) is -0.160. The van der Waals surface area contributed by atoms with Gasteiger partial charge in [-0.25, -0.2) is 4.79 Å². The number of aromatic nitrogens is 2. The number of carbonyl (C=O) groups excluding carboxylic acids is 1. The fraction of sp³-hybridized carbons (Fsp3) is 0.333. The second kappa shape index (κ2) is 4.64. The van der Waals surface area contributed by atoms with Gasteiger partial charge in [0.2, 0.25) is 5.91 Å². The van der Waals surface area contributed by atoms with Gasteiger partial charge in [-0.2, -0.15) is 5.10 Å². The van der Waals surface area contributed by atoms with Crippen LogP contribution in [0.1, 0.15) is 22.5 Å². The van der Waals surface area contributed by atoms with E-state index in [1.54, 1.807) is 0 Å². The molecule has 17 heavy (non-hydrogen) atoms. The number of aryl methyl sites for hydroxylation is 2. The van der Waals surface area contributed by atoms with Crippen molar-refractivity contribution < 1.29 is 24.6 Å². The van der Waals surface area contributed by atoms with E-state index in [2.05, 4.69) is 10.4 Å². The van der Waals surface area contributed by atoms with Gasteiger partial charge >= 0.3 is 11.9 Å². The Hall–Kier alpha value is -2.38. The molecule has 1 rings (SSSR count). The molecule has 0 radical (unpaired) electrons. The van der Waals surface area contributed by atoms with Crippen LogP contribution in [0.15, 0.2) is 0 Å². The number of aromatic carboxylic acids is 1. The van der Waals surface area contributed by atoms with Crippen LogP contribution in [0.25, 0.3) is 0 Å². The average molecular weight is 241 g/mol. The van der Waals surface area contributed by atoms with E-state index in [-0.39, 0.29) is 17.1 Å². The normalized spacial score (nSPS) is 10.0. The van der Waals surface area contributed by atoms with Crippen LogP contribution in [-0.4, -0.2) is 37.8 Å². The summed E-state index contributed by atoms with van der Waals surface area (Å²) in [4.78, 5) is 32.5. The van der Waals surface area contributed by atoms with Crippen molar-refractivity contribution in [3.05, 3.63) is 11.3 Å². The molecule has 0 atom stereocenters. The first-order valence-electron chi connectivity index (χ1n) is 4.61. The molecule has 8 heteroatoms. The minimum Gasteiger partial charge on any atom is -0.481 e. The number of carbonyl (C=O) groups is 3. The molecule has 3 N–H and O–H groups in total. The molecule has 1 aromatic heterocycles. The summed E-state index contributed by atoms with van der Waals surface area (Å²) in [6.45, 7) is 1.48. The molecule has 0 saturated carbocycles. The monoisotopic (exact) mass is 241 g/mol. The maximum Gasteiger partial charge on any atom is 0.341 e. The number of nitrogens with one attached hydrogen (secondary N) is 1. The number of rotatable bonds is 4. The van der Waals surface area contributed by atoms with Crippen LogP contribution in [0.5, 0.6) is 0 Å². The van der Waals surface area contributed by atoms with Crippen molar-refractivity contribution in [2.24, 2.45) is 7.05 Å².